The van der Waals surface area contributed by atoms with E-state index in [4.69, 9.17) is 5.26 Å². The molecule has 0 atom stereocenters. The van der Waals surface area contributed by atoms with Gasteiger partial charge in [0.1, 0.15) is 11.8 Å². The van der Waals surface area contributed by atoms with Gasteiger partial charge in [-0.05, 0) is 34.7 Å². The molecule has 0 fully saturated rings. The number of nitrogens with zero attached hydrogens (tertiary/aromatic N) is 1. The van der Waals surface area contributed by atoms with Crippen LogP contribution in [0.1, 0.15) is 30.9 Å². The van der Waals surface area contributed by atoms with Crippen molar-refractivity contribution in [2.45, 2.75) is 26.1 Å². The highest BCUT2D eigenvalue weighted by atomic mass is 19.4. The van der Waals surface area contributed by atoms with E-state index in [-0.39, 0.29) is 5.56 Å². The zero-order valence-corrected chi connectivity index (χ0v) is 12.1. The topological polar surface area (TPSA) is 33.0 Å². The largest absolute Gasteiger partial charge is 0.573 e. The highest BCUT2D eigenvalue weighted by Gasteiger charge is 2.32. The normalized spacial score (nSPS) is 11.3. The van der Waals surface area contributed by atoms with Crippen LogP contribution in [0.25, 0.3) is 11.1 Å². The quantitative estimate of drug-likeness (QED) is 0.776. The van der Waals surface area contributed by atoms with E-state index in [9.17, 15) is 13.2 Å². The molecule has 0 spiro atoms. The Kier molecular flexibility index (Phi) is 4.41. The van der Waals surface area contributed by atoms with Gasteiger partial charge in [0, 0.05) is 0 Å². The molecule has 114 valence electrons. The van der Waals surface area contributed by atoms with Gasteiger partial charge in [0.25, 0.3) is 0 Å². The molecule has 2 nitrogen and oxygen atoms in total. The molecule has 2 aromatic rings. The lowest BCUT2D eigenvalue weighted by Crippen LogP contribution is -2.17. The maximum Gasteiger partial charge on any atom is 0.573 e. The molecule has 22 heavy (non-hydrogen) atoms. The molecule has 0 bridgehead atoms. The van der Waals surface area contributed by atoms with Crippen molar-refractivity contribution < 1.29 is 17.9 Å². The van der Waals surface area contributed by atoms with Crippen LogP contribution in [0.2, 0.25) is 0 Å². The summed E-state index contributed by atoms with van der Waals surface area (Å²) in [4.78, 5) is 0. The van der Waals surface area contributed by atoms with Crippen molar-refractivity contribution in [3.05, 3.63) is 53.6 Å². The molecule has 0 saturated carbocycles. The Labute approximate surface area is 126 Å². The van der Waals surface area contributed by atoms with Crippen molar-refractivity contribution in [2.75, 3.05) is 0 Å². The van der Waals surface area contributed by atoms with E-state index < -0.39 is 12.1 Å². The van der Waals surface area contributed by atoms with Gasteiger partial charge in [-0.15, -0.1) is 13.2 Å². The van der Waals surface area contributed by atoms with Crippen molar-refractivity contribution in [1.29, 1.82) is 5.26 Å². The number of nitriles is 1. The highest BCUT2D eigenvalue weighted by molar-refractivity contribution is 5.68. The van der Waals surface area contributed by atoms with E-state index in [1.807, 2.05) is 24.3 Å². The van der Waals surface area contributed by atoms with Crippen molar-refractivity contribution in [1.82, 2.24) is 0 Å². The van der Waals surface area contributed by atoms with Crippen LogP contribution in [-0.4, -0.2) is 6.36 Å². The van der Waals surface area contributed by atoms with E-state index >= 15 is 0 Å². The average Bonchev–Trinajstić information content (AvgIpc) is 2.46. The maximum atomic E-state index is 12.3. The summed E-state index contributed by atoms with van der Waals surface area (Å²) in [6.07, 6.45) is -4.81. The average molecular weight is 305 g/mol. The molecule has 0 radical (unpaired) electrons. The minimum absolute atomic E-state index is 0.148. The Morgan fingerprint density at radius 2 is 1.73 bits per heavy atom. The zero-order valence-electron chi connectivity index (χ0n) is 12.1. The summed E-state index contributed by atoms with van der Waals surface area (Å²) >= 11 is 0. The number of hydrogen-bond donors (Lipinski definition) is 0. The van der Waals surface area contributed by atoms with Crippen LogP contribution in [0.15, 0.2) is 42.5 Å². The van der Waals surface area contributed by atoms with E-state index in [1.54, 1.807) is 6.07 Å². The number of hydrogen-bond acceptors (Lipinski definition) is 2. The van der Waals surface area contributed by atoms with Crippen LogP contribution in [0.5, 0.6) is 5.75 Å². The lowest BCUT2D eigenvalue weighted by atomic mass is 9.96. The summed E-state index contributed by atoms with van der Waals surface area (Å²) in [5, 5.41) is 9.03. The molecule has 0 aliphatic heterocycles. The summed E-state index contributed by atoms with van der Waals surface area (Å²) in [5.74, 6) is -0.151. The SMILES string of the molecule is CC(C)c1cccc(-c2ccc(OC(F)(F)F)c(C#N)c2)c1. The maximum absolute atomic E-state index is 12.3. The van der Waals surface area contributed by atoms with Gasteiger partial charge in [-0.3, -0.25) is 0 Å². The Morgan fingerprint density at radius 3 is 2.32 bits per heavy atom. The Hall–Kier alpha value is -2.48. The molecule has 0 aliphatic rings. The first-order valence-electron chi connectivity index (χ1n) is 6.70. The molecule has 0 saturated heterocycles. The fourth-order valence-electron chi connectivity index (χ4n) is 2.09. The van der Waals surface area contributed by atoms with E-state index in [2.05, 4.69) is 18.6 Å². The summed E-state index contributed by atoms with van der Waals surface area (Å²) in [6, 6.07) is 13.5. The van der Waals surface area contributed by atoms with Crippen molar-refractivity contribution in [2.24, 2.45) is 0 Å². The van der Waals surface area contributed by atoms with Crippen LogP contribution in [0, 0.1) is 11.3 Å². The van der Waals surface area contributed by atoms with Gasteiger partial charge in [-0.1, -0.05) is 44.2 Å². The van der Waals surface area contributed by atoms with Gasteiger partial charge in [0.15, 0.2) is 0 Å². The summed E-state index contributed by atoms with van der Waals surface area (Å²) in [6.45, 7) is 4.11. The molecule has 5 heteroatoms. The summed E-state index contributed by atoms with van der Waals surface area (Å²) in [7, 11) is 0. The first-order chi connectivity index (χ1) is 10.3. The highest BCUT2D eigenvalue weighted by Crippen LogP contribution is 2.31. The Morgan fingerprint density at radius 1 is 1.05 bits per heavy atom. The lowest BCUT2D eigenvalue weighted by Gasteiger charge is -2.12. The number of alkyl halides is 3. The number of rotatable bonds is 3. The second-order valence-corrected chi connectivity index (χ2v) is 5.15. The second kappa shape index (κ2) is 6.10. The van der Waals surface area contributed by atoms with Crippen molar-refractivity contribution in [3.63, 3.8) is 0 Å². The van der Waals surface area contributed by atoms with Gasteiger partial charge in [0.05, 0.1) is 5.56 Å². The van der Waals surface area contributed by atoms with Crippen LogP contribution >= 0.6 is 0 Å². The molecular formula is C17H14F3NO. The predicted octanol–water partition coefficient (Wildman–Crippen LogP) is 5.25. The van der Waals surface area contributed by atoms with Crippen LogP contribution in [0.4, 0.5) is 13.2 Å². The van der Waals surface area contributed by atoms with Gasteiger partial charge >= 0.3 is 6.36 Å². The molecule has 0 heterocycles. The molecule has 0 aromatic heterocycles. The van der Waals surface area contributed by atoms with E-state index in [0.29, 0.717) is 11.5 Å². The van der Waals surface area contributed by atoms with Crippen LogP contribution in [-0.2, 0) is 0 Å². The van der Waals surface area contributed by atoms with Crippen LogP contribution < -0.4 is 4.74 Å². The number of benzene rings is 2. The molecule has 2 rings (SSSR count). The third-order valence-corrected chi connectivity index (χ3v) is 3.21. The van der Waals surface area contributed by atoms with E-state index in [1.165, 1.54) is 18.2 Å². The fourth-order valence-corrected chi connectivity index (χ4v) is 2.09. The zero-order chi connectivity index (χ0) is 16.3. The van der Waals surface area contributed by atoms with Crippen molar-refractivity contribution >= 4 is 0 Å². The van der Waals surface area contributed by atoms with Gasteiger partial charge in [-0.25, -0.2) is 0 Å². The summed E-state index contributed by atoms with van der Waals surface area (Å²) < 4.78 is 40.7. The number of halogens is 3. The predicted molar refractivity (Wildman–Crippen MR) is 77.4 cm³/mol. The lowest BCUT2D eigenvalue weighted by molar-refractivity contribution is -0.274. The minimum atomic E-state index is -4.81. The Bertz CT molecular complexity index is 715. The van der Waals surface area contributed by atoms with E-state index in [0.717, 1.165) is 11.1 Å². The fraction of sp³-hybridized carbons (Fsp3) is 0.235. The third kappa shape index (κ3) is 3.79. The monoisotopic (exact) mass is 305 g/mol. The number of ether oxygens (including phenoxy) is 1. The van der Waals surface area contributed by atoms with Crippen LogP contribution in [0.3, 0.4) is 0 Å². The molecule has 0 N–H and O–H groups in total. The minimum Gasteiger partial charge on any atom is -0.404 e. The molecular weight excluding hydrogens is 291 g/mol. The molecule has 0 aliphatic carbocycles. The molecule has 2 aromatic carbocycles. The second-order valence-electron chi connectivity index (χ2n) is 5.15. The van der Waals surface area contributed by atoms with Gasteiger partial charge in [0.2, 0.25) is 0 Å². The Balaban J connectivity index is 2.42. The third-order valence-electron chi connectivity index (χ3n) is 3.21. The summed E-state index contributed by atoms with van der Waals surface area (Å²) in [5.41, 5.74) is 2.49. The van der Waals surface area contributed by atoms with Gasteiger partial charge in [-0.2, -0.15) is 5.26 Å². The smallest absolute Gasteiger partial charge is 0.404 e. The first-order valence-corrected chi connectivity index (χ1v) is 6.70. The first kappa shape index (κ1) is 15.9. The van der Waals surface area contributed by atoms with Crippen molar-refractivity contribution in [3.8, 4) is 22.9 Å². The standard InChI is InChI=1S/C17H14F3NO/c1-11(2)12-4-3-5-13(8-12)14-6-7-16(15(9-14)10-21)22-17(18,19)20/h3-9,11H,1-2H3. The molecule has 0 amide bonds. The van der Waals surface area contributed by atoms with Gasteiger partial charge < -0.3 is 4.74 Å². The molecule has 0 unspecified atom stereocenters.